The molecule has 0 saturated carbocycles. The first-order valence-corrected chi connectivity index (χ1v) is 7.67. The molecule has 1 aliphatic heterocycles. The fraction of sp³-hybridized carbons (Fsp3) is 0.400. The molecule has 0 spiro atoms. The molecule has 1 atom stereocenters. The Bertz CT molecular complexity index is 556. The predicted octanol–water partition coefficient (Wildman–Crippen LogP) is 1.13. The number of ether oxygens (including phenoxy) is 2. The van der Waals surface area contributed by atoms with Crippen molar-refractivity contribution in [3.63, 3.8) is 0 Å². The van der Waals surface area contributed by atoms with E-state index in [4.69, 9.17) is 26.8 Å². The second kappa shape index (κ2) is 9.06. The van der Waals surface area contributed by atoms with Crippen molar-refractivity contribution in [2.45, 2.75) is 18.9 Å². The number of hydrazone groups is 1. The van der Waals surface area contributed by atoms with Crippen molar-refractivity contribution in [2.75, 3.05) is 19.8 Å². The second-order valence-electron chi connectivity index (χ2n) is 4.97. The maximum absolute atomic E-state index is 10.4. The SMILES string of the molecule is O=C(O)COc1ccc(/C=N\NC(=S)NC[C@H]2CCCO2)cc1. The third-order valence-corrected chi connectivity index (χ3v) is 3.37. The normalized spacial score (nSPS) is 17.1. The van der Waals surface area contributed by atoms with Gasteiger partial charge in [0, 0.05) is 13.2 Å². The summed E-state index contributed by atoms with van der Waals surface area (Å²) in [6, 6.07) is 6.90. The maximum Gasteiger partial charge on any atom is 0.341 e. The molecule has 1 aromatic carbocycles. The van der Waals surface area contributed by atoms with Crippen LogP contribution in [-0.2, 0) is 9.53 Å². The molecular weight excluding hydrogens is 318 g/mol. The topological polar surface area (TPSA) is 92.2 Å². The largest absolute Gasteiger partial charge is 0.482 e. The summed E-state index contributed by atoms with van der Waals surface area (Å²) < 4.78 is 10.5. The average molecular weight is 337 g/mol. The lowest BCUT2D eigenvalue weighted by molar-refractivity contribution is -0.139. The number of carbonyl (C=O) groups is 1. The summed E-state index contributed by atoms with van der Waals surface area (Å²) in [7, 11) is 0. The zero-order chi connectivity index (χ0) is 16.5. The van der Waals surface area contributed by atoms with Crippen LogP contribution < -0.4 is 15.5 Å². The molecule has 1 aliphatic rings. The number of rotatable bonds is 7. The highest BCUT2D eigenvalue weighted by Crippen LogP contribution is 2.11. The molecule has 1 saturated heterocycles. The maximum atomic E-state index is 10.4. The lowest BCUT2D eigenvalue weighted by atomic mass is 10.2. The highest BCUT2D eigenvalue weighted by Gasteiger charge is 2.14. The van der Waals surface area contributed by atoms with E-state index >= 15 is 0 Å². The predicted molar refractivity (Wildman–Crippen MR) is 89.9 cm³/mol. The van der Waals surface area contributed by atoms with E-state index in [1.165, 1.54) is 0 Å². The van der Waals surface area contributed by atoms with E-state index in [9.17, 15) is 4.79 Å². The number of nitrogens with one attached hydrogen (secondary N) is 2. The van der Waals surface area contributed by atoms with Gasteiger partial charge in [-0.25, -0.2) is 4.79 Å². The highest BCUT2D eigenvalue weighted by atomic mass is 32.1. The number of benzene rings is 1. The van der Waals surface area contributed by atoms with E-state index in [-0.39, 0.29) is 12.7 Å². The van der Waals surface area contributed by atoms with E-state index in [1.54, 1.807) is 30.5 Å². The number of carboxylic acid groups (broad SMARTS) is 1. The molecule has 3 N–H and O–H groups in total. The molecule has 1 heterocycles. The number of nitrogens with zero attached hydrogens (tertiary/aromatic N) is 1. The molecule has 0 radical (unpaired) electrons. The second-order valence-corrected chi connectivity index (χ2v) is 5.37. The van der Waals surface area contributed by atoms with Crippen LogP contribution in [0.4, 0.5) is 0 Å². The summed E-state index contributed by atoms with van der Waals surface area (Å²) >= 11 is 5.12. The summed E-state index contributed by atoms with van der Waals surface area (Å²) in [6.07, 6.45) is 3.98. The third-order valence-electron chi connectivity index (χ3n) is 3.14. The van der Waals surface area contributed by atoms with Gasteiger partial charge in [0.2, 0.25) is 0 Å². The zero-order valence-electron chi connectivity index (χ0n) is 12.5. The minimum atomic E-state index is -1.01. The first-order chi connectivity index (χ1) is 11.1. The molecule has 0 aliphatic carbocycles. The highest BCUT2D eigenvalue weighted by molar-refractivity contribution is 7.80. The van der Waals surface area contributed by atoms with Crippen LogP contribution in [0.5, 0.6) is 5.75 Å². The Kier molecular flexibility index (Phi) is 6.76. The monoisotopic (exact) mass is 337 g/mol. The Morgan fingerprint density at radius 1 is 1.48 bits per heavy atom. The Labute approximate surface area is 139 Å². The van der Waals surface area contributed by atoms with Crippen LogP contribution in [-0.4, -0.2) is 48.3 Å². The zero-order valence-corrected chi connectivity index (χ0v) is 13.3. The van der Waals surface area contributed by atoms with Crippen LogP contribution in [0.3, 0.4) is 0 Å². The van der Waals surface area contributed by atoms with Crippen LogP contribution in [0.1, 0.15) is 18.4 Å². The van der Waals surface area contributed by atoms with E-state index in [0.717, 1.165) is 25.0 Å². The molecular formula is C15H19N3O4S. The smallest absolute Gasteiger partial charge is 0.341 e. The van der Waals surface area contributed by atoms with E-state index in [2.05, 4.69) is 15.8 Å². The third kappa shape index (κ3) is 6.62. The number of carboxylic acids is 1. The van der Waals surface area contributed by atoms with Gasteiger partial charge in [0.25, 0.3) is 0 Å². The van der Waals surface area contributed by atoms with Crippen LogP contribution >= 0.6 is 12.2 Å². The van der Waals surface area contributed by atoms with Gasteiger partial charge in [0.05, 0.1) is 12.3 Å². The van der Waals surface area contributed by atoms with Crippen molar-refractivity contribution in [2.24, 2.45) is 5.10 Å². The molecule has 23 heavy (non-hydrogen) atoms. The van der Waals surface area contributed by atoms with Crippen molar-refractivity contribution >= 4 is 29.5 Å². The Hall–Kier alpha value is -2.19. The summed E-state index contributed by atoms with van der Waals surface area (Å²) in [5.41, 5.74) is 3.57. The average Bonchev–Trinajstić information content (AvgIpc) is 3.05. The van der Waals surface area contributed by atoms with Crippen LogP contribution in [0, 0.1) is 0 Å². The molecule has 0 aromatic heterocycles. The van der Waals surface area contributed by atoms with Crippen LogP contribution in [0.15, 0.2) is 29.4 Å². The molecule has 124 valence electrons. The minimum Gasteiger partial charge on any atom is -0.482 e. The van der Waals surface area contributed by atoms with Crippen LogP contribution in [0.2, 0.25) is 0 Å². The van der Waals surface area contributed by atoms with Crippen LogP contribution in [0.25, 0.3) is 0 Å². The van der Waals surface area contributed by atoms with Gasteiger partial charge in [-0.3, -0.25) is 5.43 Å². The van der Waals surface area contributed by atoms with Crippen molar-refractivity contribution in [3.8, 4) is 5.75 Å². The van der Waals surface area contributed by atoms with Gasteiger partial charge in [0.15, 0.2) is 11.7 Å². The van der Waals surface area contributed by atoms with Gasteiger partial charge >= 0.3 is 5.97 Å². The fourth-order valence-electron chi connectivity index (χ4n) is 2.01. The molecule has 8 heteroatoms. The molecule has 7 nitrogen and oxygen atoms in total. The Balaban J connectivity index is 1.69. The molecule has 2 rings (SSSR count). The summed E-state index contributed by atoms with van der Waals surface area (Å²) in [5.74, 6) is -0.518. The van der Waals surface area contributed by atoms with E-state index in [0.29, 0.717) is 17.4 Å². The van der Waals surface area contributed by atoms with Crippen molar-refractivity contribution in [1.29, 1.82) is 0 Å². The number of hydrogen-bond acceptors (Lipinski definition) is 5. The number of hydrogen-bond donors (Lipinski definition) is 3. The molecule has 1 fully saturated rings. The van der Waals surface area contributed by atoms with E-state index in [1.807, 2.05) is 0 Å². The molecule has 0 amide bonds. The van der Waals surface area contributed by atoms with Crippen molar-refractivity contribution in [1.82, 2.24) is 10.7 Å². The molecule has 1 aromatic rings. The first kappa shape index (κ1) is 17.2. The standard InChI is InChI=1S/C15H19N3O4S/c19-14(20)10-22-12-5-3-11(4-6-12)8-17-18-15(23)16-9-13-2-1-7-21-13/h3-6,8,13H,1-2,7,9-10H2,(H,19,20)(H2,16,18,23)/b17-8-/t13-/m1/s1. The number of thiocarbonyl (C=S) groups is 1. The summed E-state index contributed by atoms with van der Waals surface area (Å²) in [6.45, 7) is 1.13. The minimum absolute atomic E-state index is 0.220. The fourth-order valence-corrected chi connectivity index (χ4v) is 2.15. The van der Waals surface area contributed by atoms with Gasteiger partial charge in [-0.1, -0.05) is 0 Å². The van der Waals surface area contributed by atoms with Gasteiger partial charge in [-0.2, -0.15) is 5.10 Å². The van der Waals surface area contributed by atoms with Gasteiger partial charge in [0.1, 0.15) is 5.75 Å². The summed E-state index contributed by atoms with van der Waals surface area (Å²) in [5, 5.41) is 16.1. The molecule has 0 bridgehead atoms. The first-order valence-electron chi connectivity index (χ1n) is 7.26. The lowest BCUT2D eigenvalue weighted by Crippen LogP contribution is -2.37. The van der Waals surface area contributed by atoms with Gasteiger partial charge in [-0.15, -0.1) is 0 Å². The van der Waals surface area contributed by atoms with Gasteiger partial charge in [-0.05, 0) is 54.9 Å². The molecule has 0 unspecified atom stereocenters. The lowest BCUT2D eigenvalue weighted by Gasteiger charge is -2.11. The number of aliphatic carboxylic acids is 1. The quantitative estimate of drug-likeness (QED) is 0.390. The summed E-state index contributed by atoms with van der Waals surface area (Å²) in [4.78, 5) is 10.4. The Morgan fingerprint density at radius 2 is 2.26 bits per heavy atom. The van der Waals surface area contributed by atoms with Gasteiger partial charge < -0.3 is 19.9 Å². The Morgan fingerprint density at radius 3 is 2.91 bits per heavy atom. The van der Waals surface area contributed by atoms with Crippen molar-refractivity contribution < 1.29 is 19.4 Å². The van der Waals surface area contributed by atoms with E-state index < -0.39 is 5.97 Å². The van der Waals surface area contributed by atoms with Crippen molar-refractivity contribution in [3.05, 3.63) is 29.8 Å².